The summed E-state index contributed by atoms with van der Waals surface area (Å²) >= 11 is 0. The van der Waals surface area contributed by atoms with Crippen LogP contribution in [0.25, 0.3) is 0 Å². The Hall–Kier alpha value is -2.58. The minimum absolute atomic E-state index is 0.0187. The summed E-state index contributed by atoms with van der Waals surface area (Å²) in [6.45, 7) is 3.18. The molecule has 2 rings (SSSR count). The van der Waals surface area contributed by atoms with Crippen molar-refractivity contribution in [2.45, 2.75) is 25.9 Å². The molecule has 1 aromatic rings. The number of likely N-dealkylation sites (tertiary alicyclic amines) is 1. The number of nitrogens with zero attached hydrogens (tertiary/aromatic N) is 2. The van der Waals surface area contributed by atoms with Crippen LogP contribution in [0.1, 0.15) is 25.3 Å². The van der Waals surface area contributed by atoms with Crippen molar-refractivity contribution in [2.24, 2.45) is 11.1 Å². The number of anilines is 1. The molecule has 2 amide bonds. The van der Waals surface area contributed by atoms with Crippen LogP contribution in [0, 0.1) is 5.92 Å². The lowest BCUT2D eigenvalue weighted by molar-refractivity contribution is -0.138. The lowest BCUT2D eigenvalue weighted by Crippen LogP contribution is -2.39. The molecule has 0 radical (unpaired) electrons. The third kappa shape index (κ3) is 6.05. The zero-order valence-corrected chi connectivity index (χ0v) is 14.3. The largest absolute Gasteiger partial charge is 0.416 e. The number of carbonyl (C=O) groups excluding carboxylic acids is 2. The van der Waals surface area contributed by atoms with Gasteiger partial charge >= 0.3 is 6.18 Å². The van der Waals surface area contributed by atoms with Crippen molar-refractivity contribution in [3.8, 4) is 0 Å². The number of hydrogen-bond acceptors (Lipinski definition) is 4. The number of alkyl halides is 3. The van der Waals surface area contributed by atoms with Gasteiger partial charge in [-0.1, -0.05) is 18.1 Å². The van der Waals surface area contributed by atoms with E-state index in [2.05, 4.69) is 17.4 Å². The number of piperidine rings is 1. The van der Waals surface area contributed by atoms with E-state index in [1.807, 2.05) is 0 Å². The van der Waals surface area contributed by atoms with Crippen molar-refractivity contribution in [3.05, 3.63) is 29.8 Å². The third-order valence-electron chi connectivity index (χ3n) is 4.03. The Morgan fingerprint density at radius 2 is 2.04 bits per heavy atom. The van der Waals surface area contributed by atoms with E-state index < -0.39 is 17.6 Å². The zero-order valence-electron chi connectivity index (χ0n) is 14.3. The van der Waals surface area contributed by atoms with Gasteiger partial charge in [0.15, 0.2) is 6.61 Å². The molecule has 6 nitrogen and oxygen atoms in total. The number of oxime groups is 1. The van der Waals surface area contributed by atoms with Gasteiger partial charge in [-0.05, 0) is 37.0 Å². The summed E-state index contributed by atoms with van der Waals surface area (Å²) in [5, 5.41) is 5.63. The number of carbonyl (C=O) groups is 2. The Morgan fingerprint density at radius 3 is 2.69 bits per heavy atom. The first-order chi connectivity index (χ1) is 12.3. The first-order valence-corrected chi connectivity index (χ1v) is 8.17. The van der Waals surface area contributed by atoms with Crippen LogP contribution >= 0.6 is 0 Å². The van der Waals surface area contributed by atoms with Crippen molar-refractivity contribution < 1.29 is 27.6 Å². The molecule has 1 aromatic carbocycles. The van der Waals surface area contributed by atoms with Crippen LogP contribution < -0.4 is 5.32 Å². The predicted octanol–water partition coefficient (Wildman–Crippen LogP) is 2.90. The molecule has 0 spiro atoms. The molecule has 9 heteroatoms. The molecule has 1 heterocycles. The summed E-state index contributed by atoms with van der Waals surface area (Å²) in [4.78, 5) is 30.0. The Balaban J connectivity index is 1.76. The maximum absolute atomic E-state index is 12.6. The zero-order chi connectivity index (χ0) is 19.2. The number of hydrogen-bond donors (Lipinski definition) is 1. The summed E-state index contributed by atoms with van der Waals surface area (Å²) in [5.74, 6) is -0.381. The predicted molar refractivity (Wildman–Crippen MR) is 89.5 cm³/mol. The van der Waals surface area contributed by atoms with E-state index in [0.29, 0.717) is 19.0 Å². The molecule has 0 aliphatic carbocycles. The number of nitrogens with one attached hydrogen (secondary N) is 1. The number of benzene rings is 1. The average Bonchev–Trinajstić information content (AvgIpc) is 2.58. The van der Waals surface area contributed by atoms with Crippen LogP contribution in [0.15, 0.2) is 29.4 Å². The molecule has 0 atom stereocenters. The Kier molecular flexibility index (Phi) is 6.59. The molecule has 142 valence electrons. The highest BCUT2D eigenvalue weighted by atomic mass is 19.4. The van der Waals surface area contributed by atoms with Gasteiger partial charge in [-0.3, -0.25) is 9.59 Å². The van der Waals surface area contributed by atoms with E-state index in [4.69, 9.17) is 4.84 Å². The van der Waals surface area contributed by atoms with Gasteiger partial charge in [0, 0.05) is 18.8 Å². The van der Waals surface area contributed by atoms with E-state index in [1.54, 1.807) is 4.90 Å². The molecule has 26 heavy (non-hydrogen) atoms. The van der Waals surface area contributed by atoms with Gasteiger partial charge in [-0.25, -0.2) is 0 Å². The van der Waals surface area contributed by atoms with Crippen LogP contribution in [0.5, 0.6) is 0 Å². The molecule has 1 aliphatic heterocycles. The topological polar surface area (TPSA) is 71.0 Å². The van der Waals surface area contributed by atoms with Gasteiger partial charge in [0.05, 0.1) is 5.56 Å². The van der Waals surface area contributed by atoms with E-state index in [1.165, 1.54) is 12.1 Å². The van der Waals surface area contributed by atoms with Crippen molar-refractivity contribution in [3.63, 3.8) is 0 Å². The molecule has 1 saturated heterocycles. The first kappa shape index (κ1) is 19.7. The smallest absolute Gasteiger partial charge is 0.386 e. The summed E-state index contributed by atoms with van der Waals surface area (Å²) in [5.41, 5.74) is -0.889. The lowest BCUT2D eigenvalue weighted by atomic mass is 9.99. The van der Waals surface area contributed by atoms with Crippen LogP contribution in [0.4, 0.5) is 18.9 Å². The minimum atomic E-state index is -4.50. The van der Waals surface area contributed by atoms with Gasteiger partial charge in [-0.15, -0.1) is 0 Å². The quantitative estimate of drug-likeness (QED) is 0.639. The minimum Gasteiger partial charge on any atom is -0.386 e. The molecule has 0 aromatic heterocycles. The molecule has 1 aliphatic rings. The summed E-state index contributed by atoms with van der Waals surface area (Å²) in [6.07, 6.45) is -1.85. The fraction of sp³-hybridized carbons (Fsp3) is 0.471. The van der Waals surface area contributed by atoms with Gasteiger partial charge in [0.1, 0.15) is 6.21 Å². The molecule has 1 fully saturated rings. The summed E-state index contributed by atoms with van der Waals surface area (Å²) in [6, 6.07) is 4.22. The van der Waals surface area contributed by atoms with E-state index in [9.17, 15) is 22.8 Å². The van der Waals surface area contributed by atoms with Crippen molar-refractivity contribution in [1.82, 2.24) is 4.90 Å². The van der Waals surface area contributed by atoms with Gasteiger partial charge in [0.2, 0.25) is 0 Å². The monoisotopic (exact) mass is 371 g/mol. The third-order valence-corrected chi connectivity index (χ3v) is 4.03. The first-order valence-electron chi connectivity index (χ1n) is 8.17. The molecule has 0 saturated carbocycles. The number of halogens is 3. The fourth-order valence-corrected chi connectivity index (χ4v) is 2.47. The highest BCUT2D eigenvalue weighted by Gasteiger charge is 2.30. The average molecular weight is 371 g/mol. The number of amides is 2. The second-order valence-electron chi connectivity index (χ2n) is 6.14. The Labute approximate surface area is 149 Å². The molecule has 1 N–H and O–H groups in total. The van der Waals surface area contributed by atoms with Gasteiger partial charge in [-0.2, -0.15) is 13.2 Å². The highest BCUT2D eigenvalue weighted by Crippen LogP contribution is 2.30. The van der Waals surface area contributed by atoms with Crippen molar-refractivity contribution >= 4 is 23.7 Å². The summed E-state index contributed by atoms with van der Waals surface area (Å²) in [7, 11) is 0. The van der Waals surface area contributed by atoms with Crippen molar-refractivity contribution in [2.75, 3.05) is 25.0 Å². The van der Waals surface area contributed by atoms with Crippen LogP contribution in [-0.2, 0) is 20.6 Å². The standard InChI is InChI=1S/C17H20F3N3O3/c1-12-5-7-23(8-6-12)16(25)11-26-21-10-15(24)22-14-4-2-3-13(9-14)17(18,19)20/h2-4,9-10,12H,5-8,11H2,1H3,(H,22,24)/b21-10+. The fourth-order valence-electron chi connectivity index (χ4n) is 2.47. The Bertz CT molecular complexity index is 669. The normalized spacial score (nSPS) is 15.9. The van der Waals surface area contributed by atoms with Gasteiger partial charge in [0.25, 0.3) is 11.8 Å². The Morgan fingerprint density at radius 1 is 1.35 bits per heavy atom. The molecular weight excluding hydrogens is 351 g/mol. The van der Waals surface area contributed by atoms with Crippen LogP contribution in [-0.4, -0.2) is 42.6 Å². The van der Waals surface area contributed by atoms with E-state index in [-0.39, 0.29) is 18.2 Å². The van der Waals surface area contributed by atoms with Crippen LogP contribution in [0.2, 0.25) is 0 Å². The van der Waals surface area contributed by atoms with E-state index >= 15 is 0 Å². The SMILES string of the molecule is CC1CCN(C(=O)CO/N=C/C(=O)Nc2cccc(C(F)(F)F)c2)CC1. The van der Waals surface area contributed by atoms with Crippen molar-refractivity contribution in [1.29, 1.82) is 0 Å². The maximum atomic E-state index is 12.6. The molecular formula is C17H20F3N3O3. The maximum Gasteiger partial charge on any atom is 0.416 e. The number of rotatable bonds is 5. The highest BCUT2D eigenvalue weighted by molar-refractivity contribution is 6.31. The second kappa shape index (κ2) is 8.68. The van der Waals surface area contributed by atoms with Crippen LogP contribution in [0.3, 0.4) is 0 Å². The molecule has 0 unspecified atom stereocenters. The van der Waals surface area contributed by atoms with Gasteiger partial charge < -0.3 is 15.1 Å². The molecule has 0 bridgehead atoms. The lowest BCUT2D eigenvalue weighted by Gasteiger charge is -2.29. The second-order valence-corrected chi connectivity index (χ2v) is 6.14. The summed E-state index contributed by atoms with van der Waals surface area (Å²) < 4.78 is 37.8. The van der Waals surface area contributed by atoms with E-state index in [0.717, 1.165) is 31.2 Å².